The van der Waals surface area contributed by atoms with Gasteiger partial charge in [-0.05, 0) is 63.4 Å². The summed E-state index contributed by atoms with van der Waals surface area (Å²) in [6.45, 7) is 6.99. The molecule has 0 saturated carbocycles. The second-order valence-electron chi connectivity index (χ2n) is 7.37. The Hall–Kier alpha value is -2.33. The summed E-state index contributed by atoms with van der Waals surface area (Å²) in [5, 5.41) is 3.60. The van der Waals surface area contributed by atoms with E-state index in [0.29, 0.717) is 23.7 Å². The van der Waals surface area contributed by atoms with Crippen LogP contribution in [-0.2, 0) is 4.79 Å². The highest BCUT2D eigenvalue weighted by atomic mass is 35.5. The summed E-state index contributed by atoms with van der Waals surface area (Å²) < 4.78 is 0. The molecule has 0 unspecified atom stereocenters. The zero-order chi connectivity index (χ0) is 19.6. The number of halogens is 1. The fourth-order valence-electron chi connectivity index (χ4n) is 3.63. The maximum atomic E-state index is 12.9. The number of carbonyl (C=O) groups excluding carboxylic acids is 2. The van der Waals surface area contributed by atoms with Crippen LogP contribution in [0, 0.1) is 26.7 Å². The number of piperidine rings is 1. The molecule has 1 fully saturated rings. The number of amides is 2. The van der Waals surface area contributed by atoms with Crippen LogP contribution < -0.4 is 5.32 Å². The maximum Gasteiger partial charge on any atom is 0.253 e. The van der Waals surface area contributed by atoms with Gasteiger partial charge < -0.3 is 10.2 Å². The normalized spacial score (nSPS) is 16.9. The average Bonchev–Trinajstić information content (AvgIpc) is 2.64. The van der Waals surface area contributed by atoms with Crippen LogP contribution in [0.1, 0.15) is 39.9 Å². The molecule has 1 N–H and O–H groups in total. The second kappa shape index (κ2) is 8.13. The third-order valence-electron chi connectivity index (χ3n) is 5.07. The lowest BCUT2D eigenvalue weighted by Crippen LogP contribution is -2.43. The molecule has 0 radical (unpaired) electrons. The lowest BCUT2D eigenvalue weighted by molar-refractivity contribution is -0.121. The summed E-state index contributed by atoms with van der Waals surface area (Å²) in [7, 11) is 0. The molecule has 5 heteroatoms. The van der Waals surface area contributed by atoms with Gasteiger partial charge in [0, 0.05) is 29.4 Å². The molecule has 0 spiro atoms. The van der Waals surface area contributed by atoms with Gasteiger partial charge in [0.15, 0.2) is 0 Å². The zero-order valence-electron chi connectivity index (χ0n) is 16.0. The van der Waals surface area contributed by atoms with Crippen molar-refractivity contribution in [1.82, 2.24) is 4.90 Å². The molecule has 4 nitrogen and oxygen atoms in total. The average molecular weight is 385 g/mol. The standard InChI is InChI=1S/C22H25ClN2O2/c1-14-10-15(2)12-18(11-14)22(27)25-9-5-6-17(13-25)21(26)24-20-8-4-7-19(23)16(20)3/h4,7-8,10-12,17H,5-6,9,13H2,1-3H3,(H,24,26)/t17-/m0/s1. The summed E-state index contributed by atoms with van der Waals surface area (Å²) in [5.41, 5.74) is 4.41. The van der Waals surface area contributed by atoms with Crippen LogP contribution in [-0.4, -0.2) is 29.8 Å². The first-order valence-corrected chi connectivity index (χ1v) is 9.66. The Morgan fingerprint density at radius 3 is 2.52 bits per heavy atom. The van der Waals surface area contributed by atoms with Gasteiger partial charge in [-0.25, -0.2) is 0 Å². The fraction of sp³-hybridized carbons (Fsp3) is 0.364. The SMILES string of the molecule is Cc1cc(C)cc(C(=O)N2CCC[C@H](C(=O)Nc3cccc(Cl)c3C)C2)c1. The number of rotatable bonds is 3. The predicted molar refractivity (Wildman–Crippen MR) is 109 cm³/mol. The van der Waals surface area contributed by atoms with Crippen molar-refractivity contribution in [2.75, 3.05) is 18.4 Å². The summed E-state index contributed by atoms with van der Waals surface area (Å²) >= 11 is 6.14. The number of anilines is 1. The molecule has 2 aromatic rings. The first kappa shape index (κ1) is 19.4. The van der Waals surface area contributed by atoms with E-state index >= 15 is 0 Å². The lowest BCUT2D eigenvalue weighted by Gasteiger charge is -2.32. The highest BCUT2D eigenvalue weighted by Gasteiger charge is 2.29. The van der Waals surface area contributed by atoms with E-state index in [-0.39, 0.29) is 17.7 Å². The molecular weight excluding hydrogens is 360 g/mol. The van der Waals surface area contributed by atoms with E-state index < -0.39 is 0 Å². The Bertz CT molecular complexity index is 858. The topological polar surface area (TPSA) is 49.4 Å². The zero-order valence-corrected chi connectivity index (χ0v) is 16.8. The van der Waals surface area contributed by atoms with E-state index in [1.807, 2.05) is 45.0 Å². The Labute approximate surface area is 165 Å². The van der Waals surface area contributed by atoms with Crippen LogP contribution >= 0.6 is 11.6 Å². The molecule has 1 aliphatic heterocycles. The van der Waals surface area contributed by atoms with Crippen molar-refractivity contribution in [3.63, 3.8) is 0 Å². The third-order valence-corrected chi connectivity index (χ3v) is 5.48. The third kappa shape index (κ3) is 4.51. The van der Waals surface area contributed by atoms with Crippen LogP contribution in [0.2, 0.25) is 5.02 Å². The minimum absolute atomic E-state index is 0.00163. The van der Waals surface area contributed by atoms with Gasteiger partial charge in [-0.3, -0.25) is 9.59 Å². The molecule has 2 aromatic carbocycles. The smallest absolute Gasteiger partial charge is 0.253 e. The van der Waals surface area contributed by atoms with E-state index in [2.05, 4.69) is 11.4 Å². The maximum absolute atomic E-state index is 12.9. The van der Waals surface area contributed by atoms with Crippen molar-refractivity contribution in [3.05, 3.63) is 63.7 Å². The van der Waals surface area contributed by atoms with E-state index in [1.54, 1.807) is 11.0 Å². The predicted octanol–water partition coefficient (Wildman–Crippen LogP) is 4.76. The molecule has 1 heterocycles. The minimum atomic E-state index is -0.216. The Balaban J connectivity index is 1.70. The molecule has 142 valence electrons. The number of likely N-dealkylation sites (tertiary alicyclic amines) is 1. The largest absolute Gasteiger partial charge is 0.338 e. The van der Waals surface area contributed by atoms with Crippen molar-refractivity contribution in [3.8, 4) is 0 Å². The van der Waals surface area contributed by atoms with E-state index in [9.17, 15) is 9.59 Å². The molecule has 1 saturated heterocycles. The van der Waals surface area contributed by atoms with Gasteiger partial charge in [0.1, 0.15) is 0 Å². The van der Waals surface area contributed by atoms with Crippen LogP contribution in [0.5, 0.6) is 0 Å². The Kier molecular flexibility index (Phi) is 5.85. The van der Waals surface area contributed by atoms with Crippen molar-refractivity contribution >= 4 is 29.1 Å². The molecule has 3 rings (SSSR count). The second-order valence-corrected chi connectivity index (χ2v) is 7.78. The summed E-state index contributed by atoms with van der Waals surface area (Å²) in [6.07, 6.45) is 1.60. The number of carbonyl (C=O) groups is 2. The van der Waals surface area contributed by atoms with E-state index in [4.69, 9.17) is 11.6 Å². The Morgan fingerprint density at radius 1 is 1.11 bits per heavy atom. The van der Waals surface area contributed by atoms with Gasteiger partial charge in [0.2, 0.25) is 5.91 Å². The molecule has 1 aliphatic rings. The summed E-state index contributed by atoms with van der Waals surface area (Å²) in [4.78, 5) is 27.5. The Morgan fingerprint density at radius 2 is 1.81 bits per heavy atom. The van der Waals surface area contributed by atoms with Gasteiger partial charge in [-0.15, -0.1) is 0 Å². The molecule has 1 atom stereocenters. The van der Waals surface area contributed by atoms with E-state index in [1.165, 1.54) is 0 Å². The fourth-order valence-corrected chi connectivity index (χ4v) is 3.81. The monoisotopic (exact) mass is 384 g/mol. The number of nitrogens with zero attached hydrogens (tertiary/aromatic N) is 1. The summed E-state index contributed by atoms with van der Waals surface area (Å²) in [5.74, 6) is -0.275. The van der Waals surface area contributed by atoms with Crippen LogP contribution in [0.3, 0.4) is 0 Å². The number of hydrogen-bond acceptors (Lipinski definition) is 2. The van der Waals surface area contributed by atoms with Crippen molar-refractivity contribution in [2.45, 2.75) is 33.6 Å². The highest BCUT2D eigenvalue weighted by Crippen LogP contribution is 2.25. The first-order valence-electron chi connectivity index (χ1n) is 9.28. The van der Waals surface area contributed by atoms with Crippen LogP contribution in [0.15, 0.2) is 36.4 Å². The quantitative estimate of drug-likeness (QED) is 0.829. The van der Waals surface area contributed by atoms with Gasteiger partial charge >= 0.3 is 0 Å². The first-order chi connectivity index (χ1) is 12.8. The number of benzene rings is 2. The molecule has 0 aliphatic carbocycles. The molecule has 2 amide bonds. The van der Waals surface area contributed by atoms with Crippen LogP contribution in [0.4, 0.5) is 5.69 Å². The van der Waals surface area contributed by atoms with Gasteiger partial charge in [0.05, 0.1) is 5.92 Å². The molecule has 27 heavy (non-hydrogen) atoms. The van der Waals surface area contributed by atoms with Crippen molar-refractivity contribution in [1.29, 1.82) is 0 Å². The molecule has 0 bridgehead atoms. The van der Waals surface area contributed by atoms with Crippen molar-refractivity contribution in [2.24, 2.45) is 5.92 Å². The molecular formula is C22H25ClN2O2. The molecule has 0 aromatic heterocycles. The minimum Gasteiger partial charge on any atom is -0.338 e. The lowest BCUT2D eigenvalue weighted by atomic mass is 9.95. The van der Waals surface area contributed by atoms with Gasteiger partial charge in [-0.2, -0.15) is 0 Å². The number of aryl methyl sites for hydroxylation is 2. The summed E-state index contributed by atoms with van der Waals surface area (Å²) in [6, 6.07) is 11.3. The van der Waals surface area contributed by atoms with Gasteiger partial charge in [-0.1, -0.05) is 34.9 Å². The van der Waals surface area contributed by atoms with Crippen molar-refractivity contribution < 1.29 is 9.59 Å². The van der Waals surface area contributed by atoms with Crippen LogP contribution in [0.25, 0.3) is 0 Å². The number of hydrogen-bond donors (Lipinski definition) is 1. The number of nitrogens with one attached hydrogen (secondary N) is 1. The van der Waals surface area contributed by atoms with Gasteiger partial charge in [0.25, 0.3) is 5.91 Å². The van der Waals surface area contributed by atoms with E-state index in [0.717, 1.165) is 35.2 Å². The highest BCUT2D eigenvalue weighted by molar-refractivity contribution is 6.31.